The van der Waals surface area contributed by atoms with Crippen molar-refractivity contribution in [1.29, 1.82) is 0 Å². The van der Waals surface area contributed by atoms with E-state index >= 15 is 0 Å². The van der Waals surface area contributed by atoms with Crippen LogP contribution in [0.5, 0.6) is 0 Å². The third-order valence-corrected chi connectivity index (χ3v) is 3.55. The Balaban J connectivity index is 2.99. The normalized spacial score (nSPS) is 11.0. The SMILES string of the molecule is C[Si](C)(C)C#Cc1cc(C#C[Si](C)(C)C)ncn1. The van der Waals surface area contributed by atoms with Crippen molar-refractivity contribution in [2.45, 2.75) is 39.3 Å². The smallest absolute Gasteiger partial charge is 0.129 e. The van der Waals surface area contributed by atoms with E-state index in [1.54, 1.807) is 6.33 Å². The van der Waals surface area contributed by atoms with Crippen molar-refractivity contribution in [2.75, 3.05) is 0 Å². The lowest BCUT2D eigenvalue weighted by Crippen LogP contribution is -2.16. The molecule has 0 aliphatic carbocycles. The molecule has 0 amide bonds. The van der Waals surface area contributed by atoms with E-state index in [9.17, 15) is 0 Å². The van der Waals surface area contributed by atoms with Crippen molar-refractivity contribution >= 4 is 16.1 Å². The van der Waals surface area contributed by atoms with E-state index in [0.29, 0.717) is 0 Å². The lowest BCUT2D eigenvalue weighted by Gasteiger charge is -2.03. The van der Waals surface area contributed by atoms with Crippen LogP contribution in [0.2, 0.25) is 39.3 Å². The quantitative estimate of drug-likeness (QED) is 0.536. The van der Waals surface area contributed by atoms with Crippen LogP contribution in [0.15, 0.2) is 12.4 Å². The highest BCUT2D eigenvalue weighted by molar-refractivity contribution is 6.84. The summed E-state index contributed by atoms with van der Waals surface area (Å²) in [6.45, 7) is 13.3. The van der Waals surface area contributed by atoms with E-state index in [2.05, 4.69) is 72.2 Å². The maximum Gasteiger partial charge on any atom is 0.129 e. The molecule has 0 fully saturated rings. The van der Waals surface area contributed by atoms with E-state index in [4.69, 9.17) is 0 Å². The predicted octanol–water partition coefficient (Wildman–Crippen LogP) is 2.93. The molecule has 94 valence electrons. The molecule has 2 nitrogen and oxygen atoms in total. The highest BCUT2D eigenvalue weighted by Gasteiger charge is 2.08. The van der Waals surface area contributed by atoms with Crippen LogP contribution in [0.25, 0.3) is 0 Å². The zero-order valence-electron chi connectivity index (χ0n) is 12.0. The Morgan fingerprint density at radius 1 is 0.778 bits per heavy atom. The molecule has 0 saturated carbocycles. The second kappa shape index (κ2) is 5.52. The second-order valence-electron chi connectivity index (χ2n) is 6.29. The predicted molar refractivity (Wildman–Crippen MR) is 82.5 cm³/mol. The molecule has 0 bridgehead atoms. The van der Waals surface area contributed by atoms with Gasteiger partial charge in [0.1, 0.15) is 33.9 Å². The average molecular weight is 272 g/mol. The Morgan fingerprint density at radius 2 is 1.17 bits per heavy atom. The number of aromatic nitrogens is 2. The van der Waals surface area contributed by atoms with Gasteiger partial charge in [-0.05, 0) is 0 Å². The fourth-order valence-corrected chi connectivity index (χ4v) is 2.00. The van der Waals surface area contributed by atoms with Gasteiger partial charge in [0.25, 0.3) is 0 Å². The summed E-state index contributed by atoms with van der Waals surface area (Å²) < 4.78 is 0. The lowest BCUT2D eigenvalue weighted by atomic mass is 10.3. The Bertz CT molecular complexity index is 496. The molecule has 1 aromatic rings. The van der Waals surface area contributed by atoms with Gasteiger partial charge < -0.3 is 0 Å². The van der Waals surface area contributed by atoms with Crippen LogP contribution >= 0.6 is 0 Å². The molecule has 1 aromatic heterocycles. The van der Waals surface area contributed by atoms with Crippen LogP contribution in [0.1, 0.15) is 11.4 Å². The van der Waals surface area contributed by atoms with Crippen molar-refractivity contribution < 1.29 is 0 Å². The Labute approximate surface area is 112 Å². The molecule has 1 heterocycles. The van der Waals surface area contributed by atoms with Gasteiger partial charge in [-0.3, -0.25) is 0 Å². The first-order valence-corrected chi connectivity index (χ1v) is 13.0. The fourth-order valence-electron chi connectivity index (χ4n) is 0.997. The third-order valence-electron chi connectivity index (χ3n) is 1.80. The van der Waals surface area contributed by atoms with Gasteiger partial charge >= 0.3 is 0 Å². The molecule has 0 aliphatic heterocycles. The summed E-state index contributed by atoms with van der Waals surface area (Å²) in [7, 11) is -2.71. The van der Waals surface area contributed by atoms with Crippen molar-refractivity contribution in [3.8, 4) is 22.9 Å². The summed E-state index contributed by atoms with van der Waals surface area (Å²) in [6.07, 6.45) is 1.54. The molecule has 18 heavy (non-hydrogen) atoms. The second-order valence-corrected chi connectivity index (χ2v) is 15.8. The van der Waals surface area contributed by atoms with Crippen LogP contribution < -0.4 is 0 Å². The highest BCUT2D eigenvalue weighted by atomic mass is 28.3. The monoisotopic (exact) mass is 272 g/mol. The number of rotatable bonds is 0. The topological polar surface area (TPSA) is 25.8 Å². The molecular formula is C14H20N2Si2. The highest BCUT2D eigenvalue weighted by Crippen LogP contribution is 2.01. The average Bonchev–Trinajstić information content (AvgIpc) is 2.22. The fraction of sp³-hybridized carbons (Fsp3) is 0.429. The zero-order chi connectivity index (χ0) is 13.8. The summed E-state index contributed by atoms with van der Waals surface area (Å²) in [5.74, 6) is 6.25. The molecule has 0 aromatic carbocycles. The maximum atomic E-state index is 4.17. The van der Waals surface area contributed by atoms with Gasteiger partial charge in [-0.2, -0.15) is 0 Å². The Kier molecular flexibility index (Phi) is 4.50. The Hall–Kier alpha value is -1.37. The maximum absolute atomic E-state index is 4.17. The van der Waals surface area contributed by atoms with Crippen LogP contribution in [0, 0.1) is 22.9 Å². The van der Waals surface area contributed by atoms with E-state index in [0.717, 1.165) is 11.4 Å². The summed E-state index contributed by atoms with van der Waals surface area (Å²) in [6, 6.07) is 1.88. The number of nitrogens with zero attached hydrogens (tertiary/aromatic N) is 2. The van der Waals surface area contributed by atoms with Crippen molar-refractivity contribution in [2.24, 2.45) is 0 Å². The molecule has 0 unspecified atom stereocenters. The minimum atomic E-state index is -1.36. The van der Waals surface area contributed by atoms with Crippen molar-refractivity contribution in [1.82, 2.24) is 9.97 Å². The van der Waals surface area contributed by atoms with Crippen LogP contribution in [0.3, 0.4) is 0 Å². The summed E-state index contributed by atoms with van der Waals surface area (Å²) in [5, 5.41) is 0. The van der Waals surface area contributed by atoms with E-state index in [-0.39, 0.29) is 0 Å². The molecule has 0 radical (unpaired) electrons. The largest absolute Gasteiger partial charge is 0.228 e. The van der Waals surface area contributed by atoms with Gasteiger partial charge in [0.05, 0.1) is 0 Å². The molecule has 0 atom stereocenters. The molecule has 4 heteroatoms. The first-order chi connectivity index (χ1) is 8.16. The zero-order valence-corrected chi connectivity index (χ0v) is 14.0. The van der Waals surface area contributed by atoms with Crippen LogP contribution in [0.4, 0.5) is 0 Å². The third kappa shape index (κ3) is 6.39. The molecule has 0 N–H and O–H groups in total. The van der Waals surface area contributed by atoms with Gasteiger partial charge in [0.2, 0.25) is 0 Å². The first-order valence-electron chi connectivity index (χ1n) is 6.04. The lowest BCUT2D eigenvalue weighted by molar-refractivity contribution is 1.13. The van der Waals surface area contributed by atoms with Gasteiger partial charge in [0, 0.05) is 6.07 Å². The van der Waals surface area contributed by atoms with Crippen molar-refractivity contribution in [3.63, 3.8) is 0 Å². The molecule has 0 spiro atoms. The van der Waals surface area contributed by atoms with Gasteiger partial charge in [-0.15, -0.1) is 11.1 Å². The minimum Gasteiger partial charge on any atom is -0.228 e. The molecule has 0 saturated heterocycles. The molecular weight excluding hydrogens is 252 g/mol. The van der Waals surface area contributed by atoms with Crippen LogP contribution in [-0.2, 0) is 0 Å². The van der Waals surface area contributed by atoms with Gasteiger partial charge in [-0.1, -0.05) is 51.1 Å². The van der Waals surface area contributed by atoms with Crippen LogP contribution in [-0.4, -0.2) is 26.1 Å². The standard InChI is InChI=1S/C14H20N2Si2/c1-17(2,3)9-7-13-11-14(16-12-15-13)8-10-18(4,5)6/h11-12H,1-6H3. The summed E-state index contributed by atoms with van der Waals surface area (Å²) in [5.41, 5.74) is 8.13. The van der Waals surface area contributed by atoms with Gasteiger partial charge in [0.15, 0.2) is 0 Å². The van der Waals surface area contributed by atoms with E-state index < -0.39 is 16.1 Å². The summed E-state index contributed by atoms with van der Waals surface area (Å²) >= 11 is 0. The number of hydrogen-bond donors (Lipinski definition) is 0. The number of hydrogen-bond acceptors (Lipinski definition) is 2. The summed E-state index contributed by atoms with van der Waals surface area (Å²) in [4.78, 5) is 8.34. The van der Waals surface area contributed by atoms with E-state index in [1.807, 2.05) is 6.07 Å². The minimum absolute atomic E-state index is 0.771. The van der Waals surface area contributed by atoms with E-state index in [1.165, 1.54) is 0 Å². The van der Waals surface area contributed by atoms with Crippen molar-refractivity contribution in [3.05, 3.63) is 23.8 Å². The first kappa shape index (κ1) is 14.7. The molecule has 1 rings (SSSR count). The molecule has 0 aliphatic rings. The van der Waals surface area contributed by atoms with Gasteiger partial charge in [-0.25, -0.2) is 9.97 Å². The Morgan fingerprint density at radius 3 is 1.50 bits per heavy atom.